The Morgan fingerprint density at radius 1 is 1.40 bits per heavy atom. The quantitative estimate of drug-likeness (QED) is 0.778. The molecule has 1 saturated heterocycles. The highest BCUT2D eigenvalue weighted by molar-refractivity contribution is 9.10. The summed E-state index contributed by atoms with van der Waals surface area (Å²) in [7, 11) is 0. The van der Waals surface area contributed by atoms with Crippen LogP contribution in [0.2, 0.25) is 0 Å². The van der Waals surface area contributed by atoms with Gasteiger partial charge in [-0.15, -0.1) is 0 Å². The standard InChI is InChI=1S/C13H13BrN2O4/c14-8-2-3-9(13(19)20)10(5-8)16-12(18)7-1-4-11(17)15-6-7/h2-3,5,7H,1,4,6H2,(H,15,17)(H,16,18)(H,19,20). The predicted molar refractivity (Wildman–Crippen MR) is 75.5 cm³/mol. The van der Waals surface area contributed by atoms with Crippen LogP contribution in [-0.2, 0) is 9.59 Å². The zero-order chi connectivity index (χ0) is 14.7. The van der Waals surface area contributed by atoms with Crippen LogP contribution in [0.1, 0.15) is 23.2 Å². The molecule has 106 valence electrons. The van der Waals surface area contributed by atoms with E-state index in [0.29, 0.717) is 17.3 Å². The first-order valence-electron chi connectivity index (χ1n) is 6.08. The van der Waals surface area contributed by atoms with E-state index in [1.54, 1.807) is 12.1 Å². The molecule has 1 aromatic carbocycles. The molecule has 0 aliphatic carbocycles. The van der Waals surface area contributed by atoms with Gasteiger partial charge in [0.05, 0.1) is 17.2 Å². The molecule has 7 heteroatoms. The van der Waals surface area contributed by atoms with Crippen LogP contribution in [0.5, 0.6) is 0 Å². The molecule has 20 heavy (non-hydrogen) atoms. The van der Waals surface area contributed by atoms with Gasteiger partial charge in [-0.1, -0.05) is 15.9 Å². The van der Waals surface area contributed by atoms with Gasteiger partial charge in [0.1, 0.15) is 0 Å². The molecule has 1 aromatic rings. The largest absolute Gasteiger partial charge is 0.478 e. The van der Waals surface area contributed by atoms with E-state index in [4.69, 9.17) is 5.11 Å². The number of carboxylic acid groups (broad SMARTS) is 1. The van der Waals surface area contributed by atoms with E-state index in [0.717, 1.165) is 0 Å². The fraction of sp³-hybridized carbons (Fsp3) is 0.308. The van der Waals surface area contributed by atoms with Gasteiger partial charge >= 0.3 is 5.97 Å². The minimum absolute atomic E-state index is 0.0291. The van der Waals surface area contributed by atoms with E-state index in [9.17, 15) is 14.4 Å². The second-order valence-electron chi connectivity index (χ2n) is 4.52. The molecule has 1 unspecified atom stereocenters. The van der Waals surface area contributed by atoms with Crippen LogP contribution in [0.4, 0.5) is 5.69 Å². The molecule has 2 amide bonds. The van der Waals surface area contributed by atoms with Gasteiger partial charge in [-0.05, 0) is 24.6 Å². The molecule has 3 N–H and O–H groups in total. The van der Waals surface area contributed by atoms with Crippen molar-refractivity contribution >= 4 is 39.4 Å². The number of anilines is 1. The lowest BCUT2D eigenvalue weighted by atomic mass is 9.98. The number of carbonyl (C=O) groups excluding carboxylic acids is 2. The summed E-state index contributed by atoms with van der Waals surface area (Å²) in [6.07, 6.45) is 0.774. The topological polar surface area (TPSA) is 95.5 Å². The number of halogens is 1. The monoisotopic (exact) mass is 340 g/mol. The zero-order valence-electron chi connectivity index (χ0n) is 10.5. The Bertz CT molecular complexity index is 563. The third kappa shape index (κ3) is 3.36. The van der Waals surface area contributed by atoms with Crippen molar-refractivity contribution in [1.82, 2.24) is 5.32 Å². The number of hydrogen-bond acceptors (Lipinski definition) is 3. The number of aromatic carboxylic acids is 1. The van der Waals surface area contributed by atoms with E-state index in [-0.39, 0.29) is 35.5 Å². The third-order valence-corrected chi connectivity index (χ3v) is 3.60. The average Bonchev–Trinajstić information content (AvgIpc) is 2.39. The molecule has 6 nitrogen and oxygen atoms in total. The number of piperidine rings is 1. The fourth-order valence-corrected chi connectivity index (χ4v) is 2.36. The van der Waals surface area contributed by atoms with Crippen molar-refractivity contribution in [2.45, 2.75) is 12.8 Å². The fourth-order valence-electron chi connectivity index (χ4n) is 2.00. The first kappa shape index (κ1) is 14.5. The maximum atomic E-state index is 12.1. The van der Waals surface area contributed by atoms with Crippen LogP contribution in [0.15, 0.2) is 22.7 Å². The van der Waals surface area contributed by atoms with E-state index in [2.05, 4.69) is 26.6 Å². The lowest BCUT2D eigenvalue weighted by molar-refractivity contribution is -0.126. The number of carbonyl (C=O) groups is 3. The van der Waals surface area contributed by atoms with Gasteiger partial charge in [0.15, 0.2) is 0 Å². The SMILES string of the molecule is O=C1CCC(C(=O)Nc2cc(Br)ccc2C(=O)O)CN1. The average molecular weight is 341 g/mol. The van der Waals surface area contributed by atoms with Crippen LogP contribution in [0, 0.1) is 5.92 Å². The van der Waals surface area contributed by atoms with E-state index >= 15 is 0 Å². The minimum atomic E-state index is -1.11. The van der Waals surface area contributed by atoms with Gasteiger partial charge in [-0.25, -0.2) is 4.79 Å². The number of rotatable bonds is 3. The Morgan fingerprint density at radius 3 is 2.75 bits per heavy atom. The highest BCUT2D eigenvalue weighted by Gasteiger charge is 2.25. The van der Waals surface area contributed by atoms with E-state index < -0.39 is 5.97 Å². The first-order valence-corrected chi connectivity index (χ1v) is 6.87. The number of nitrogens with one attached hydrogen (secondary N) is 2. The molecule has 1 atom stereocenters. The first-order chi connectivity index (χ1) is 9.47. The maximum Gasteiger partial charge on any atom is 0.337 e. The number of carboxylic acids is 1. The van der Waals surface area contributed by atoms with Gasteiger partial charge in [-0.3, -0.25) is 9.59 Å². The molecule has 1 aliphatic rings. The van der Waals surface area contributed by atoms with Crippen LogP contribution in [0.25, 0.3) is 0 Å². The maximum absolute atomic E-state index is 12.1. The van der Waals surface area contributed by atoms with Crippen molar-refractivity contribution in [3.05, 3.63) is 28.2 Å². The van der Waals surface area contributed by atoms with Crippen LogP contribution >= 0.6 is 15.9 Å². The molecular weight excluding hydrogens is 328 g/mol. The second kappa shape index (κ2) is 6.04. The number of benzene rings is 1. The van der Waals surface area contributed by atoms with Crippen molar-refractivity contribution in [3.8, 4) is 0 Å². The van der Waals surface area contributed by atoms with Crippen molar-refractivity contribution < 1.29 is 19.5 Å². The number of hydrogen-bond donors (Lipinski definition) is 3. The molecule has 1 fully saturated rings. The Hall–Kier alpha value is -1.89. The van der Waals surface area contributed by atoms with Crippen molar-refractivity contribution in [2.75, 3.05) is 11.9 Å². The summed E-state index contributed by atoms with van der Waals surface area (Å²) in [5.74, 6) is -1.80. The Labute approximate surface area is 123 Å². The second-order valence-corrected chi connectivity index (χ2v) is 5.44. The minimum Gasteiger partial charge on any atom is -0.478 e. The van der Waals surface area contributed by atoms with Crippen LogP contribution < -0.4 is 10.6 Å². The molecule has 0 spiro atoms. The van der Waals surface area contributed by atoms with Crippen LogP contribution in [0.3, 0.4) is 0 Å². The molecule has 0 saturated carbocycles. The summed E-state index contributed by atoms with van der Waals surface area (Å²) < 4.78 is 0.676. The Kier molecular flexibility index (Phi) is 4.39. The molecule has 1 aliphatic heterocycles. The Balaban J connectivity index is 2.13. The van der Waals surface area contributed by atoms with Crippen molar-refractivity contribution in [2.24, 2.45) is 5.92 Å². The van der Waals surface area contributed by atoms with Gasteiger partial charge in [0, 0.05) is 17.4 Å². The van der Waals surface area contributed by atoms with Gasteiger partial charge in [0.25, 0.3) is 0 Å². The molecule has 2 rings (SSSR count). The smallest absolute Gasteiger partial charge is 0.337 e. The Morgan fingerprint density at radius 2 is 2.15 bits per heavy atom. The lowest BCUT2D eigenvalue weighted by Crippen LogP contribution is -2.40. The number of amides is 2. The highest BCUT2D eigenvalue weighted by atomic mass is 79.9. The summed E-state index contributed by atoms with van der Waals surface area (Å²) in [6, 6.07) is 4.56. The molecule has 0 bridgehead atoms. The van der Waals surface area contributed by atoms with Crippen molar-refractivity contribution in [1.29, 1.82) is 0 Å². The highest BCUT2D eigenvalue weighted by Crippen LogP contribution is 2.23. The summed E-state index contributed by atoms with van der Waals surface area (Å²) in [5.41, 5.74) is 0.273. The molecule has 1 heterocycles. The van der Waals surface area contributed by atoms with E-state index in [1.165, 1.54) is 6.07 Å². The lowest BCUT2D eigenvalue weighted by Gasteiger charge is -2.22. The zero-order valence-corrected chi connectivity index (χ0v) is 12.1. The summed E-state index contributed by atoms with van der Waals surface area (Å²) in [6.45, 7) is 0.279. The van der Waals surface area contributed by atoms with Gasteiger partial charge in [-0.2, -0.15) is 0 Å². The molecule has 0 aromatic heterocycles. The molecular formula is C13H13BrN2O4. The normalized spacial score (nSPS) is 18.2. The predicted octanol–water partition coefficient (Wildman–Crippen LogP) is 1.61. The van der Waals surface area contributed by atoms with Gasteiger partial charge in [0.2, 0.25) is 11.8 Å². The van der Waals surface area contributed by atoms with Crippen molar-refractivity contribution in [3.63, 3.8) is 0 Å². The summed E-state index contributed by atoms with van der Waals surface area (Å²) >= 11 is 3.24. The summed E-state index contributed by atoms with van der Waals surface area (Å²) in [5, 5.41) is 14.3. The third-order valence-electron chi connectivity index (χ3n) is 3.11. The molecule has 0 radical (unpaired) electrons. The van der Waals surface area contributed by atoms with Gasteiger partial charge < -0.3 is 15.7 Å². The van der Waals surface area contributed by atoms with Crippen LogP contribution in [-0.4, -0.2) is 29.4 Å². The van der Waals surface area contributed by atoms with E-state index in [1.807, 2.05) is 0 Å². The summed E-state index contributed by atoms with van der Waals surface area (Å²) in [4.78, 5) is 34.3.